The lowest BCUT2D eigenvalue weighted by molar-refractivity contribution is -0.169. The number of rotatable bonds is 3. The van der Waals surface area contributed by atoms with Crippen LogP contribution in [0.25, 0.3) is 0 Å². The fourth-order valence-electron chi connectivity index (χ4n) is 3.50. The van der Waals surface area contributed by atoms with Gasteiger partial charge in [0.25, 0.3) is 6.29 Å². The number of allylic oxidation sites excluding steroid dienone is 1. The highest BCUT2D eigenvalue weighted by molar-refractivity contribution is 5.99. The molecule has 0 radical (unpaired) electrons. The second kappa shape index (κ2) is 5.09. The maximum Gasteiger partial charge on any atom is 0.360 e. The molecule has 0 N–H and O–H groups in total. The summed E-state index contributed by atoms with van der Waals surface area (Å²) in [5, 5.41) is 0. The molecule has 4 rings (SSSR count). The molecule has 2 atom stereocenters. The molecule has 0 spiro atoms. The summed E-state index contributed by atoms with van der Waals surface area (Å²) >= 11 is 0. The van der Waals surface area contributed by atoms with Crippen molar-refractivity contribution in [1.29, 1.82) is 0 Å². The van der Waals surface area contributed by atoms with E-state index in [4.69, 9.17) is 9.47 Å². The number of esters is 2. The van der Waals surface area contributed by atoms with Gasteiger partial charge in [-0.2, -0.15) is 0 Å². The highest BCUT2D eigenvalue weighted by Crippen LogP contribution is 2.40. The average molecular weight is 328 g/mol. The number of cyclic esters (lactones) is 1. The first-order valence-electron chi connectivity index (χ1n) is 7.83. The van der Waals surface area contributed by atoms with E-state index in [9.17, 15) is 14.4 Å². The third-order valence-corrected chi connectivity index (χ3v) is 4.69. The molecule has 1 fully saturated rings. The summed E-state index contributed by atoms with van der Waals surface area (Å²) in [5.41, 5.74) is 1.85. The maximum absolute atomic E-state index is 12.6. The molecule has 1 saturated heterocycles. The van der Waals surface area contributed by atoms with E-state index in [1.807, 2.05) is 11.8 Å². The molecule has 0 aromatic heterocycles. The Morgan fingerprint density at radius 1 is 1.33 bits per heavy atom. The molecule has 3 aliphatic heterocycles. The molecule has 1 amide bonds. The Labute approximate surface area is 138 Å². The number of carbonyl (C=O) groups is 3. The first-order valence-corrected chi connectivity index (χ1v) is 7.83. The zero-order chi connectivity index (χ0) is 17.0. The summed E-state index contributed by atoms with van der Waals surface area (Å²) in [5.74, 6) is -1.28. The Kier molecular flexibility index (Phi) is 3.13. The normalized spacial score (nSPS) is 24.6. The van der Waals surface area contributed by atoms with E-state index >= 15 is 0 Å². The van der Waals surface area contributed by atoms with E-state index in [-0.39, 0.29) is 17.8 Å². The number of carbonyl (C=O) groups excluding carboxylic acids is 3. The van der Waals surface area contributed by atoms with Crippen LogP contribution in [0.3, 0.4) is 0 Å². The summed E-state index contributed by atoms with van der Waals surface area (Å²) < 4.78 is 10.5. The number of fused-ring (bicyclic) bond motifs is 2. The van der Waals surface area contributed by atoms with Crippen molar-refractivity contribution in [2.45, 2.75) is 32.7 Å². The van der Waals surface area contributed by atoms with Gasteiger partial charge in [0.05, 0.1) is 12.0 Å². The molecular formula is C17H16N2O5. The molecule has 1 aromatic rings. The van der Waals surface area contributed by atoms with Crippen LogP contribution in [-0.2, 0) is 19.1 Å². The lowest BCUT2D eigenvalue weighted by Crippen LogP contribution is -2.55. The summed E-state index contributed by atoms with van der Waals surface area (Å²) in [6, 6.07) is 6.77. The van der Waals surface area contributed by atoms with E-state index in [0.717, 1.165) is 0 Å². The number of hydrogen-bond donors (Lipinski definition) is 0. The number of ether oxygens (including phenoxy) is 2. The van der Waals surface area contributed by atoms with Gasteiger partial charge in [0, 0.05) is 17.8 Å². The van der Waals surface area contributed by atoms with E-state index in [1.54, 1.807) is 31.2 Å². The van der Waals surface area contributed by atoms with Crippen LogP contribution in [0.5, 0.6) is 0 Å². The van der Waals surface area contributed by atoms with E-state index < -0.39 is 18.2 Å². The highest BCUT2D eigenvalue weighted by Gasteiger charge is 2.51. The lowest BCUT2D eigenvalue weighted by atomic mass is 10.1. The van der Waals surface area contributed by atoms with Crippen LogP contribution < -0.4 is 0 Å². The second-order valence-corrected chi connectivity index (χ2v) is 5.90. The molecule has 3 heterocycles. The van der Waals surface area contributed by atoms with Crippen LogP contribution in [-0.4, -0.2) is 40.4 Å². The van der Waals surface area contributed by atoms with Gasteiger partial charge in [-0.1, -0.05) is 18.2 Å². The summed E-state index contributed by atoms with van der Waals surface area (Å²) in [7, 11) is 0. The minimum Gasteiger partial charge on any atom is -0.417 e. The van der Waals surface area contributed by atoms with Crippen LogP contribution in [0.15, 0.2) is 35.7 Å². The van der Waals surface area contributed by atoms with Crippen molar-refractivity contribution in [2.24, 2.45) is 0 Å². The molecule has 7 nitrogen and oxygen atoms in total. The van der Waals surface area contributed by atoms with Crippen LogP contribution in [0.2, 0.25) is 0 Å². The molecule has 3 aliphatic rings. The van der Waals surface area contributed by atoms with Gasteiger partial charge in [-0.3, -0.25) is 9.69 Å². The average Bonchev–Trinajstić information content (AvgIpc) is 3.00. The van der Waals surface area contributed by atoms with E-state index in [0.29, 0.717) is 29.8 Å². The van der Waals surface area contributed by atoms with Crippen LogP contribution in [0, 0.1) is 0 Å². The Morgan fingerprint density at radius 2 is 2.08 bits per heavy atom. The van der Waals surface area contributed by atoms with Gasteiger partial charge in [0.15, 0.2) is 5.70 Å². The Morgan fingerprint density at radius 3 is 2.79 bits per heavy atom. The van der Waals surface area contributed by atoms with Crippen LogP contribution >= 0.6 is 0 Å². The van der Waals surface area contributed by atoms with Gasteiger partial charge >= 0.3 is 11.9 Å². The lowest BCUT2D eigenvalue weighted by Gasteiger charge is -2.40. The van der Waals surface area contributed by atoms with Crippen molar-refractivity contribution < 1.29 is 23.9 Å². The summed E-state index contributed by atoms with van der Waals surface area (Å²) in [4.78, 5) is 39.8. The van der Waals surface area contributed by atoms with Crippen molar-refractivity contribution in [3.63, 3.8) is 0 Å². The third-order valence-electron chi connectivity index (χ3n) is 4.69. The number of hydrogen-bond acceptors (Lipinski definition) is 6. The maximum atomic E-state index is 12.6. The summed E-state index contributed by atoms with van der Waals surface area (Å²) in [6.45, 7) is 4.45. The van der Waals surface area contributed by atoms with Gasteiger partial charge in [-0.25, -0.2) is 9.59 Å². The molecule has 0 aliphatic carbocycles. The molecule has 24 heavy (non-hydrogen) atoms. The third kappa shape index (κ3) is 1.87. The predicted octanol–water partition coefficient (Wildman–Crippen LogP) is 1.52. The van der Waals surface area contributed by atoms with E-state index in [1.165, 1.54) is 4.90 Å². The van der Waals surface area contributed by atoms with Crippen molar-refractivity contribution in [3.05, 3.63) is 46.8 Å². The largest absolute Gasteiger partial charge is 0.417 e. The van der Waals surface area contributed by atoms with Crippen LogP contribution in [0.4, 0.5) is 0 Å². The second-order valence-electron chi connectivity index (χ2n) is 5.90. The number of benzene rings is 1. The minimum atomic E-state index is -1.08. The minimum absolute atomic E-state index is 0.105. The molecule has 124 valence electrons. The van der Waals surface area contributed by atoms with Crippen molar-refractivity contribution in [1.82, 2.24) is 9.80 Å². The fraction of sp³-hybridized carbons (Fsp3) is 0.353. The van der Waals surface area contributed by atoms with Crippen molar-refractivity contribution in [2.75, 3.05) is 6.54 Å². The number of amides is 1. The predicted molar refractivity (Wildman–Crippen MR) is 81.0 cm³/mol. The number of β-lactam (4-membered cyclic amide) rings is 1. The quantitative estimate of drug-likeness (QED) is 0.618. The SMILES string of the molecule is CCN1C(C)=C(C(=O)OC2OC(=O)c3ccccc32)N2C(=O)C[C@H]12. The first kappa shape index (κ1) is 14.7. The van der Waals surface area contributed by atoms with Gasteiger partial charge in [-0.15, -0.1) is 0 Å². The monoisotopic (exact) mass is 328 g/mol. The van der Waals surface area contributed by atoms with Gasteiger partial charge in [0.2, 0.25) is 5.91 Å². The topological polar surface area (TPSA) is 76.2 Å². The van der Waals surface area contributed by atoms with Gasteiger partial charge < -0.3 is 14.4 Å². The highest BCUT2D eigenvalue weighted by atomic mass is 16.7. The zero-order valence-electron chi connectivity index (χ0n) is 13.3. The smallest absolute Gasteiger partial charge is 0.360 e. The molecule has 1 aromatic carbocycles. The van der Waals surface area contributed by atoms with Crippen molar-refractivity contribution in [3.8, 4) is 0 Å². The Hall–Kier alpha value is -2.83. The molecule has 0 saturated carbocycles. The molecule has 1 unspecified atom stereocenters. The summed E-state index contributed by atoms with van der Waals surface area (Å²) in [6.07, 6.45) is -0.793. The van der Waals surface area contributed by atoms with Gasteiger partial charge in [-0.05, 0) is 19.9 Å². The molecule has 7 heteroatoms. The number of nitrogens with zero attached hydrogens (tertiary/aromatic N) is 2. The zero-order valence-corrected chi connectivity index (χ0v) is 13.3. The standard InChI is InChI=1S/C17H16N2O5/c1-3-18-9(2)14(19-12(18)8-13(19)20)16(22)24-17-11-7-5-4-6-10(11)15(21)23-17/h4-7,12,17H,3,8H2,1-2H3/t12-,17?/m1/s1. The Balaban J connectivity index is 1.60. The Bertz CT molecular complexity index is 800. The van der Waals surface area contributed by atoms with Gasteiger partial charge in [0.1, 0.15) is 6.17 Å². The van der Waals surface area contributed by atoms with Crippen LogP contribution in [0.1, 0.15) is 42.5 Å². The fourth-order valence-corrected chi connectivity index (χ4v) is 3.50. The molecular weight excluding hydrogens is 312 g/mol. The first-order chi connectivity index (χ1) is 11.5. The molecule has 0 bridgehead atoms. The van der Waals surface area contributed by atoms with Crippen molar-refractivity contribution >= 4 is 17.8 Å². The van der Waals surface area contributed by atoms with E-state index in [2.05, 4.69) is 0 Å².